The van der Waals surface area contributed by atoms with E-state index in [4.69, 9.17) is 14.6 Å². The largest absolute Gasteiger partial charge is 0.493 e. The highest BCUT2D eigenvalue weighted by Crippen LogP contribution is 2.37. The van der Waals surface area contributed by atoms with Crippen LogP contribution in [0.15, 0.2) is 30.0 Å². The number of nitrogens with one attached hydrogen (secondary N) is 1. The molecule has 1 unspecified atom stereocenters. The van der Waals surface area contributed by atoms with Gasteiger partial charge < -0.3 is 19.9 Å². The molecule has 1 atom stereocenters. The van der Waals surface area contributed by atoms with Gasteiger partial charge in [-0.1, -0.05) is 13.8 Å². The van der Waals surface area contributed by atoms with Gasteiger partial charge in [-0.25, -0.2) is 0 Å². The molecule has 0 saturated carbocycles. The lowest BCUT2D eigenvalue weighted by molar-refractivity contribution is -0.136. The van der Waals surface area contributed by atoms with Gasteiger partial charge >= 0.3 is 11.7 Å². The zero-order chi connectivity index (χ0) is 19.2. The minimum atomic E-state index is -0.800. The van der Waals surface area contributed by atoms with Gasteiger partial charge in [0.1, 0.15) is 5.92 Å². The van der Waals surface area contributed by atoms with E-state index in [9.17, 15) is 4.79 Å². The van der Waals surface area contributed by atoms with Crippen LogP contribution < -0.4 is 14.8 Å². The summed E-state index contributed by atoms with van der Waals surface area (Å²) in [5, 5.41) is 12.0. The molecule has 0 aliphatic heterocycles. The van der Waals surface area contributed by atoms with Crippen LogP contribution >= 0.6 is 0 Å². The topological polar surface area (TPSA) is 72.2 Å². The maximum Gasteiger partial charge on any atom is 0.344 e. The second-order valence-electron chi connectivity index (χ2n) is 7.19. The predicted octanol–water partition coefficient (Wildman–Crippen LogP) is 4.05. The maximum atomic E-state index is 10.7. The minimum Gasteiger partial charge on any atom is -0.493 e. The van der Waals surface area contributed by atoms with Crippen molar-refractivity contribution in [1.82, 2.24) is 5.32 Å². The fraction of sp³-hybridized carbons (Fsp3) is 0.500. The van der Waals surface area contributed by atoms with E-state index in [1.54, 1.807) is 14.2 Å². The highest BCUT2D eigenvalue weighted by atomic mass is 16.5. The SMILES string of the molecule is COc1ccc([N+]#CC2C=C(NCCC(=O)O)CC(C)(C)C2)cc1OC. The molecule has 0 spiro atoms. The van der Waals surface area contributed by atoms with E-state index in [0.717, 1.165) is 24.2 Å². The van der Waals surface area contributed by atoms with Crippen LogP contribution in [-0.4, -0.2) is 31.8 Å². The molecule has 0 amide bonds. The third kappa shape index (κ3) is 5.69. The van der Waals surface area contributed by atoms with Crippen molar-refractivity contribution in [2.45, 2.75) is 33.1 Å². The molecule has 6 nitrogen and oxygen atoms in total. The van der Waals surface area contributed by atoms with Gasteiger partial charge in [0.2, 0.25) is 0 Å². The summed E-state index contributed by atoms with van der Waals surface area (Å²) < 4.78 is 10.5. The molecule has 0 heterocycles. The van der Waals surface area contributed by atoms with Crippen molar-refractivity contribution in [1.29, 1.82) is 0 Å². The van der Waals surface area contributed by atoms with Gasteiger partial charge in [-0.05, 0) is 35.2 Å². The quantitative estimate of drug-likeness (QED) is 0.802. The summed E-state index contributed by atoms with van der Waals surface area (Å²) in [5.74, 6) is 0.562. The number of carboxylic acids is 1. The third-order valence-corrected chi connectivity index (χ3v) is 4.26. The smallest absolute Gasteiger partial charge is 0.344 e. The van der Waals surface area contributed by atoms with Crippen LogP contribution in [0.1, 0.15) is 33.1 Å². The van der Waals surface area contributed by atoms with Crippen molar-refractivity contribution in [3.63, 3.8) is 0 Å². The molecule has 1 aromatic carbocycles. The normalized spacial score (nSPS) is 18.2. The summed E-state index contributed by atoms with van der Waals surface area (Å²) in [6.45, 7) is 4.82. The molecule has 2 N–H and O–H groups in total. The molecule has 0 bridgehead atoms. The number of allylic oxidation sites excluding steroid dienone is 2. The second-order valence-corrected chi connectivity index (χ2v) is 7.19. The zero-order valence-corrected chi connectivity index (χ0v) is 15.8. The van der Waals surface area contributed by atoms with Crippen LogP contribution in [0.25, 0.3) is 4.85 Å². The molecular weight excluding hydrogens is 332 g/mol. The lowest BCUT2D eigenvalue weighted by atomic mass is 9.75. The zero-order valence-electron chi connectivity index (χ0n) is 15.8. The number of aliphatic carboxylic acids is 1. The molecule has 140 valence electrons. The number of carbonyl (C=O) groups is 1. The number of hydrogen-bond donors (Lipinski definition) is 2. The number of methoxy groups -OCH3 is 2. The van der Waals surface area contributed by atoms with Gasteiger partial charge in [-0.2, -0.15) is 0 Å². The first kappa shape index (κ1) is 19.6. The maximum absolute atomic E-state index is 10.7. The van der Waals surface area contributed by atoms with Gasteiger partial charge in [0.05, 0.1) is 26.7 Å². The highest BCUT2D eigenvalue weighted by molar-refractivity contribution is 5.66. The first-order valence-electron chi connectivity index (χ1n) is 8.67. The summed E-state index contributed by atoms with van der Waals surface area (Å²) in [7, 11) is 3.19. The van der Waals surface area contributed by atoms with Crippen LogP contribution in [0.5, 0.6) is 11.5 Å². The lowest BCUT2D eigenvalue weighted by Gasteiger charge is -2.31. The fourth-order valence-electron chi connectivity index (χ4n) is 3.13. The van der Waals surface area contributed by atoms with Crippen molar-refractivity contribution in [2.24, 2.45) is 11.3 Å². The molecule has 0 radical (unpaired) electrons. The number of carboxylic acid groups (broad SMARTS) is 1. The number of benzene rings is 1. The summed E-state index contributed by atoms with van der Waals surface area (Å²) in [6, 6.07) is 8.70. The molecule has 0 aromatic heterocycles. The van der Waals surface area contributed by atoms with Crippen molar-refractivity contribution >= 4 is 11.7 Å². The highest BCUT2D eigenvalue weighted by Gasteiger charge is 2.30. The van der Waals surface area contributed by atoms with Gasteiger partial charge in [-0.3, -0.25) is 4.79 Å². The van der Waals surface area contributed by atoms with Crippen molar-refractivity contribution in [3.8, 4) is 17.6 Å². The van der Waals surface area contributed by atoms with E-state index < -0.39 is 5.97 Å². The Bertz CT molecular complexity index is 744. The first-order chi connectivity index (χ1) is 12.3. The third-order valence-electron chi connectivity index (χ3n) is 4.26. The summed E-state index contributed by atoms with van der Waals surface area (Å²) in [4.78, 5) is 15.2. The Balaban J connectivity index is 2.14. The molecule has 26 heavy (non-hydrogen) atoms. The molecule has 1 aromatic rings. The van der Waals surface area contributed by atoms with Crippen LogP contribution in [0, 0.1) is 17.4 Å². The lowest BCUT2D eigenvalue weighted by Crippen LogP contribution is -2.28. The van der Waals surface area contributed by atoms with E-state index in [1.165, 1.54) is 0 Å². The summed E-state index contributed by atoms with van der Waals surface area (Å²) >= 11 is 0. The van der Waals surface area contributed by atoms with E-state index in [2.05, 4.69) is 36.2 Å². The van der Waals surface area contributed by atoms with Gasteiger partial charge in [-0.15, -0.1) is 0 Å². The summed E-state index contributed by atoms with van der Waals surface area (Å²) in [6.07, 6.45) is 4.03. The van der Waals surface area contributed by atoms with Crippen molar-refractivity contribution < 1.29 is 19.4 Å². The standard InChI is InChI=1S/C20H26N2O4/c1-20(2)11-14(9-16(12-20)21-8-7-19(23)24)13-22-15-5-6-17(25-3)18(10-15)26-4/h5-6,9-10,14,21H,7-8,11-12H2,1-4H3/p+1. The Morgan fingerprint density at radius 1 is 1.35 bits per heavy atom. The number of hydrogen-bond acceptors (Lipinski definition) is 4. The summed E-state index contributed by atoms with van der Waals surface area (Å²) in [5.41, 5.74) is 1.91. The van der Waals surface area contributed by atoms with E-state index >= 15 is 0 Å². The number of nitrogens with zero attached hydrogens (tertiary/aromatic N) is 1. The van der Waals surface area contributed by atoms with Gasteiger partial charge in [0.25, 0.3) is 6.07 Å². The Hall–Kier alpha value is -2.68. The Morgan fingerprint density at radius 2 is 2.08 bits per heavy atom. The Labute approximate surface area is 154 Å². The molecule has 0 fully saturated rings. The first-order valence-corrected chi connectivity index (χ1v) is 8.67. The van der Waals surface area contributed by atoms with Crippen LogP contribution in [0.4, 0.5) is 5.69 Å². The monoisotopic (exact) mass is 359 g/mol. The predicted molar refractivity (Wildman–Crippen MR) is 101 cm³/mol. The fourth-order valence-corrected chi connectivity index (χ4v) is 3.13. The molecule has 1 aliphatic rings. The average Bonchev–Trinajstić information content (AvgIpc) is 2.58. The molecule has 6 heteroatoms. The van der Waals surface area contributed by atoms with E-state index in [0.29, 0.717) is 18.0 Å². The van der Waals surface area contributed by atoms with Gasteiger partial charge in [0, 0.05) is 18.3 Å². The number of ether oxygens (including phenoxy) is 2. The van der Waals surface area contributed by atoms with Crippen LogP contribution in [-0.2, 0) is 4.79 Å². The molecule has 2 rings (SSSR count). The van der Waals surface area contributed by atoms with Gasteiger partial charge in [0.15, 0.2) is 11.5 Å². The Kier molecular flexibility index (Phi) is 6.51. The molecular formula is C20H27N2O4+. The van der Waals surface area contributed by atoms with E-state index in [-0.39, 0.29) is 17.8 Å². The number of rotatable bonds is 6. The van der Waals surface area contributed by atoms with Crippen LogP contribution in [0.2, 0.25) is 0 Å². The van der Waals surface area contributed by atoms with E-state index in [1.807, 2.05) is 18.2 Å². The molecule has 1 aliphatic carbocycles. The van der Waals surface area contributed by atoms with Crippen molar-refractivity contribution in [2.75, 3.05) is 20.8 Å². The average molecular weight is 359 g/mol. The Morgan fingerprint density at radius 3 is 2.73 bits per heavy atom. The molecule has 0 saturated heterocycles. The second kappa shape index (κ2) is 8.61. The van der Waals surface area contributed by atoms with Crippen molar-refractivity contribution in [3.05, 3.63) is 34.8 Å². The minimum absolute atomic E-state index is 0.0687. The van der Waals surface area contributed by atoms with Crippen LogP contribution in [0.3, 0.4) is 0 Å².